The van der Waals surface area contributed by atoms with Crippen LogP contribution in [0.3, 0.4) is 0 Å². The van der Waals surface area contributed by atoms with Crippen LogP contribution in [0.1, 0.15) is 108 Å². The molecule has 0 unspecified atom stereocenters. The van der Waals surface area contributed by atoms with E-state index in [1.165, 1.54) is 11.1 Å². The van der Waals surface area contributed by atoms with Gasteiger partial charge in [0.25, 0.3) is 5.91 Å². The van der Waals surface area contributed by atoms with Crippen LogP contribution in [0.15, 0.2) is 73.1 Å². The summed E-state index contributed by atoms with van der Waals surface area (Å²) in [4.78, 5) is 61.8. The lowest BCUT2D eigenvalue weighted by Gasteiger charge is -2.33. The van der Waals surface area contributed by atoms with Crippen molar-refractivity contribution in [2.24, 2.45) is 0 Å². The average Bonchev–Trinajstić information content (AvgIpc) is 3.04. The van der Waals surface area contributed by atoms with Crippen molar-refractivity contribution in [3.05, 3.63) is 95.3 Å². The lowest BCUT2D eigenvalue weighted by Crippen LogP contribution is -2.43. The first-order valence-corrected chi connectivity index (χ1v) is 17.4. The van der Waals surface area contributed by atoms with Crippen LogP contribution in [0.4, 0.5) is 20.1 Å². The number of anilines is 1. The molecule has 1 aliphatic rings. The Morgan fingerprint density at radius 3 is 1.80 bits per heavy atom. The molecule has 2 aromatic carbocycles. The first-order valence-electron chi connectivity index (χ1n) is 17.4. The van der Waals surface area contributed by atoms with Gasteiger partial charge in [0, 0.05) is 19.3 Å². The summed E-state index contributed by atoms with van der Waals surface area (Å²) < 4.78 is 16.7. The second-order valence-corrected chi connectivity index (χ2v) is 15.8. The molecule has 1 aromatic heterocycles. The van der Waals surface area contributed by atoms with Crippen molar-refractivity contribution < 1.29 is 33.4 Å². The molecular weight excluding hydrogens is 648 g/mol. The van der Waals surface area contributed by atoms with Crippen LogP contribution < -0.4 is 4.90 Å². The molecule has 0 radical (unpaired) electrons. The van der Waals surface area contributed by atoms with Gasteiger partial charge in [-0.15, -0.1) is 0 Å². The fraction of sp³-hybridized carbons (Fsp3) is 0.475. The van der Waals surface area contributed by atoms with Gasteiger partial charge >= 0.3 is 18.3 Å². The number of imide groups is 1. The van der Waals surface area contributed by atoms with Gasteiger partial charge in [-0.25, -0.2) is 19.3 Å². The van der Waals surface area contributed by atoms with Crippen LogP contribution in [0.25, 0.3) is 0 Å². The van der Waals surface area contributed by atoms with Gasteiger partial charge in [-0.1, -0.05) is 54.6 Å². The standard InChI is InChI=1S/C40H52N4O7/c1-38(2,3)49-35(46)43(26-28-14-11-10-12-15-28)33-23-32(24-41-25-33)34(45)42-20-18-30(19-21-42)31-17-13-16-29(22-31)27-44(36(47)50-39(4,5)6)37(48)51-40(7,8)9/h10-17,22-25,30H,18-21,26-27H2,1-9H3. The summed E-state index contributed by atoms with van der Waals surface area (Å²) in [5.74, 6) is 0.00857. The zero-order chi connectivity index (χ0) is 37.6. The third-order valence-corrected chi connectivity index (χ3v) is 7.85. The van der Waals surface area contributed by atoms with Crippen molar-refractivity contribution in [3.63, 3.8) is 0 Å². The Morgan fingerprint density at radius 2 is 1.24 bits per heavy atom. The van der Waals surface area contributed by atoms with Gasteiger partial charge in [0.05, 0.1) is 30.5 Å². The van der Waals surface area contributed by atoms with Gasteiger partial charge in [-0.05, 0) is 104 Å². The molecule has 2 heterocycles. The van der Waals surface area contributed by atoms with Crippen molar-refractivity contribution in [3.8, 4) is 0 Å². The molecule has 0 atom stereocenters. The number of carbonyl (C=O) groups is 4. The highest BCUT2D eigenvalue weighted by Crippen LogP contribution is 2.30. The van der Waals surface area contributed by atoms with E-state index >= 15 is 0 Å². The van der Waals surface area contributed by atoms with Crippen LogP contribution in [-0.2, 0) is 27.3 Å². The monoisotopic (exact) mass is 700 g/mol. The van der Waals surface area contributed by atoms with Crippen LogP contribution in [0.2, 0.25) is 0 Å². The highest BCUT2D eigenvalue weighted by molar-refractivity contribution is 5.96. The van der Waals surface area contributed by atoms with E-state index in [9.17, 15) is 19.2 Å². The number of ether oxygens (including phenoxy) is 3. The van der Waals surface area contributed by atoms with Crippen molar-refractivity contribution in [1.29, 1.82) is 0 Å². The molecule has 1 saturated heterocycles. The van der Waals surface area contributed by atoms with Crippen LogP contribution in [0.5, 0.6) is 0 Å². The van der Waals surface area contributed by atoms with Crippen molar-refractivity contribution in [2.75, 3.05) is 18.0 Å². The fourth-order valence-corrected chi connectivity index (χ4v) is 5.60. The van der Waals surface area contributed by atoms with E-state index in [0.717, 1.165) is 34.4 Å². The summed E-state index contributed by atoms with van der Waals surface area (Å²) in [6, 6.07) is 19.1. The molecule has 0 bridgehead atoms. The van der Waals surface area contributed by atoms with Crippen LogP contribution in [0, 0.1) is 0 Å². The number of rotatable bonds is 7. The molecule has 274 valence electrons. The minimum Gasteiger partial charge on any atom is -0.443 e. The van der Waals surface area contributed by atoms with Gasteiger partial charge in [0.15, 0.2) is 0 Å². The minimum atomic E-state index is -0.790. The summed E-state index contributed by atoms with van der Waals surface area (Å²) in [5.41, 5.74) is 1.31. The second kappa shape index (κ2) is 16.0. The van der Waals surface area contributed by atoms with E-state index in [1.807, 2.05) is 80.3 Å². The summed E-state index contributed by atoms with van der Waals surface area (Å²) in [5, 5.41) is 0. The van der Waals surface area contributed by atoms with E-state index < -0.39 is 35.1 Å². The third-order valence-electron chi connectivity index (χ3n) is 7.85. The van der Waals surface area contributed by atoms with Gasteiger partial charge < -0.3 is 19.1 Å². The predicted molar refractivity (Wildman–Crippen MR) is 195 cm³/mol. The zero-order valence-electron chi connectivity index (χ0n) is 31.4. The van der Waals surface area contributed by atoms with Gasteiger partial charge in [-0.2, -0.15) is 0 Å². The highest BCUT2D eigenvalue weighted by atomic mass is 16.6. The first-order chi connectivity index (χ1) is 23.8. The van der Waals surface area contributed by atoms with Gasteiger partial charge in [-0.3, -0.25) is 14.7 Å². The smallest absolute Gasteiger partial charge is 0.420 e. The van der Waals surface area contributed by atoms with Crippen molar-refractivity contribution >= 4 is 29.9 Å². The Labute approximate surface area is 301 Å². The van der Waals surface area contributed by atoms with E-state index in [2.05, 4.69) is 4.98 Å². The SMILES string of the molecule is CC(C)(C)OC(=O)N(Cc1cccc(C2CCN(C(=O)c3cncc(N(Cc4ccccc4)C(=O)OC(C)(C)C)c3)CC2)c1)C(=O)OC(C)(C)C. The molecule has 11 heteroatoms. The number of likely N-dealkylation sites (tertiary alicyclic amines) is 1. The topological polar surface area (TPSA) is 119 Å². The van der Waals surface area contributed by atoms with Crippen LogP contribution in [-0.4, -0.2) is 68.9 Å². The second-order valence-electron chi connectivity index (χ2n) is 15.8. The molecular formula is C40H52N4O7. The van der Waals surface area contributed by atoms with E-state index in [0.29, 0.717) is 24.3 Å². The molecule has 0 saturated carbocycles. The Morgan fingerprint density at radius 1 is 0.686 bits per heavy atom. The highest BCUT2D eigenvalue weighted by Gasteiger charge is 2.32. The van der Waals surface area contributed by atoms with Crippen LogP contribution >= 0.6 is 0 Å². The maximum atomic E-state index is 13.7. The molecule has 1 fully saturated rings. The molecule has 0 spiro atoms. The number of hydrogen-bond donors (Lipinski definition) is 0. The molecule has 4 rings (SSSR count). The Balaban J connectivity index is 1.46. The number of benzene rings is 2. The number of nitrogens with zero attached hydrogens (tertiary/aromatic N) is 4. The zero-order valence-corrected chi connectivity index (χ0v) is 31.4. The summed E-state index contributed by atoms with van der Waals surface area (Å²) in [7, 11) is 0. The Kier molecular flexibility index (Phi) is 12.2. The molecule has 11 nitrogen and oxygen atoms in total. The summed E-state index contributed by atoms with van der Waals surface area (Å²) in [6.45, 7) is 17.2. The molecule has 1 aliphatic heterocycles. The van der Waals surface area contributed by atoms with Crippen molar-refractivity contribution in [2.45, 2.75) is 111 Å². The largest absolute Gasteiger partial charge is 0.443 e. The number of carbonyl (C=O) groups excluding carboxylic acids is 4. The lowest BCUT2D eigenvalue weighted by atomic mass is 9.88. The Hall–Kier alpha value is -4.93. The maximum Gasteiger partial charge on any atom is 0.420 e. The number of amides is 4. The molecule has 4 amide bonds. The average molecular weight is 701 g/mol. The fourth-order valence-electron chi connectivity index (χ4n) is 5.60. The number of piperidine rings is 1. The van der Waals surface area contributed by atoms with Crippen molar-refractivity contribution in [1.82, 2.24) is 14.8 Å². The summed E-state index contributed by atoms with van der Waals surface area (Å²) in [6.07, 6.45) is 2.46. The Bertz CT molecular complexity index is 1650. The quantitative estimate of drug-likeness (QED) is 0.225. The summed E-state index contributed by atoms with van der Waals surface area (Å²) >= 11 is 0. The molecule has 0 N–H and O–H groups in total. The lowest BCUT2D eigenvalue weighted by molar-refractivity contribution is -0.000316. The number of hydrogen-bond acceptors (Lipinski definition) is 8. The van der Waals surface area contributed by atoms with E-state index in [4.69, 9.17) is 14.2 Å². The van der Waals surface area contributed by atoms with E-state index in [-0.39, 0.29) is 24.9 Å². The maximum absolute atomic E-state index is 13.7. The minimum absolute atomic E-state index is 0.0110. The van der Waals surface area contributed by atoms with Gasteiger partial charge in [0.2, 0.25) is 0 Å². The number of aromatic nitrogens is 1. The normalized spacial score (nSPS) is 14.0. The molecule has 0 aliphatic carbocycles. The van der Waals surface area contributed by atoms with E-state index in [1.54, 1.807) is 53.8 Å². The third kappa shape index (κ3) is 11.8. The molecule has 3 aromatic rings. The number of pyridine rings is 1. The first kappa shape index (κ1) is 38.9. The predicted octanol–water partition coefficient (Wildman–Crippen LogP) is 8.72. The molecule has 51 heavy (non-hydrogen) atoms. The van der Waals surface area contributed by atoms with Gasteiger partial charge in [0.1, 0.15) is 16.8 Å².